The zero-order chi connectivity index (χ0) is 20.3. The Kier molecular flexibility index (Phi) is 6.01. The number of amides is 1. The summed E-state index contributed by atoms with van der Waals surface area (Å²) in [4.78, 5) is 14.8. The predicted octanol–water partition coefficient (Wildman–Crippen LogP) is 3.41. The molecule has 1 aromatic heterocycles. The second kappa shape index (κ2) is 8.67. The van der Waals surface area contributed by atoms with Crippen LogP contribution >= 0.6 is 0 Å². The molecule has 0 aliphatic carbocycles. The summed E-state index contributed by atoms with van der Waals surface area (Å²) in [6.07, 6.45) is 5.73. The summed E-state index contributed by atoms with van der Waals surface area (Å²) in [5, 5.41) is 8.03. The molecule has 0 saturated carbocycles. The van der Waals surface area contributed by atoms with E-state index in [0.29, 0.717) is 11.7 Å². The van der Waals surface area contributed by atoms with Crippen molar-refractivity contribution < 1.29 is 9.53 Å². The van der Waals surface area contributed by atoms with Gasteiger partial charge in [-0.2, -0.15) is 5.10 Å². The molecule has 1 aromatic carbocycles. The van der Waals surface area contributed by atoms with Crippen molar-refractivity contribution in [2.45, 2.75) is 63.8 Å². The number of ether oxygens (including phenoxy) is 1. The zero-order valence-electron chi connectivity index (χ0n) is 17.5. The lowest BCUT2D eigenvalue weighted by molar-refractivity contribution is -0.160. The minimum atomic E-state index is -0.162. The molecule has 2 atom stereocenters. The van der Waals surface area contributed by atoms with Gasteiger partial charge in [-0.15, -0.1) is 0 Å². The van der Waals surface area contributed by atoms with Crippen LogP contribution in [0.25, 0.3) is 0 Å². The van der Waals surface area contributed by atoms with Gasteiger partial charge in [0.15, 0.2) is 0 Å². The number of aryl methyl sites for hydroxylation is 1. The maximum atomic E-state index is 12.8. The number of carbonyl (C=O) groups excluding carboxylic acids is 1. The third kappa shape index (κ3) is 4.38. The molecule has 1 N–H and O–H groups in total. The van der Waals surface area contributed by atoms with E-state index >= 15 is 0 Å². The van der Waals surface area contributed by atoms with E-state index in [1.807, 2.05) is 30.2 Å². The van der Waals surface area contributed by atoms with Crippen molar-refractivity contribution in [3.05, 3.63) is 53.9 Å². The Balaban J connectivity index is 1.45. The van der Waals surface area contributed by atoms with Crippen molar-refractivity contribution in [3.8, 4) is 0 Å². The number of rotatable bonds is 5. The highest BCUT2D eigenvalue weighted by atomic mass is 16.5. The van der Waals surface area contributed by atoms with Crippen molar-refractivity contribution in [1.29, 1.82) is 0 Å². The van der Waals surface area contributed by atoms with Crippen LogP contribution in [0.4, 0.5) is 0 Å². The van der Waals surface area contributed by atoms with Gasteiger partial charge in [0.1, 0.15) is 5.69 Å². The molecular formula is C23H32N4O2. The summed E-state index contributed by atoms with van der Waals surface area (Å²) in [5.41, 5.74) is 1.63. The molecule has 3 heterocycles. The van der Waals surface area contributed by atoms with Gasteiger partial charge in [-0.3, -0.25) is 9.48 Å². The SMILES string of the molecule is CCN[C@H]1C[C@@H](c2ccccc2)OC2(CCN(C(=O)c3ccn(CC)n3)CC2)C1. The quantitative estimate of drug-likeness (QED) is 0.841. The van der Waals surface area contributed by atoms with E-state index in [1.165, 1.54) is 5.56 Å². The molecule has 6 heteroatoms. The molecule has 0 unspecified atom stereocenters. The summed E-state index contributed by atoms with van der Waals surface area (Å²) < 4.78 is 8.54. The molecule has 2 saturated heterocycles. The number of hydrogen-bond acceptors (Lipinski definition) is 4. The second-order valence-corrected chi connectivity index (χ2v) is 8.24. The van der Waals surface area contributed by atoms with Gasteiger partial charge in [-0.25, -0.2) is 0 Å². The van der Waals surface area contributed by atoms with E-state index in [4.69, 9.17) is 4.74 Å². The monoisotopic (exact) mass is 396 g/mol. The largest absolute Gasteiger partial charge is 0.367 e. The normalized spacial score (nSPS) is 24.0. The number of aromatic nitrogens is 2. The van der Waals surface area contributed by atoms with Gasteiger partial charge in [0, 0.05) is 31.9 Å². The summed E-state index contributed by atoms with van der Waals surface area (Å²) in [6.45, 7) is 7.37. The van der Waals surface area contributed by atoms with Crippen molar-refractivity contribution in [3.63, 3.8) is 0 Å². The molecule has 6 nitrogen and oxygen atoms in total. The summed E-state index contributed by atoms with van der Waals surface area (Å²) in [6, 6.07) is 12.8. The minimum Gasteiger partial charge on any atom is -0.367 e. The molecule has 1 amide bonds. The first-order valence-electron chi connectivity index (χ1n) is 10.9. The average Bonchev–Trinajstić information content (AvgIpc) is 3.24. The van der Waals surface area contributed by atoms with Gasteiger partial charge in [0.2, 0.25) is 0 Å². The van der Waals surface area contributed by atoms with Crippen molar-refractivity contribution in [2.75, 3.05) is 19.6 Å². The van der Waals surface area contributed by atoms with Crippen LogP contribution in [0.1, 0.15) is 61.7 Å². The average molecular weight is 397 g/mol. The van der Waals surface area contributed by atoms with Gasteiger partial charge in [-0.1, -0.05) is 37.3 Å². The molecule has 0 bridgehead atoms. The fourth-order valence-electron chi connectivity index (χ4n) is 4.76. The highest BCUT2D eigenvalue weighted by molar-refractivity contribution is 5.92. The second-order valence-electron chi connectivity index (χ2n) is 8.24. The predicted molar refractivity (Wildman–Crippen MR) is 113 cm³/mol. The lowest BCUT2D eigenvalue weighted by Crippen LogP contribution is -2.54. The standard InChI is InChI=1S/C23H32N4O2/c1-3-24-19-16-21(18-8-6-5-7-9-18)29-23(17-19)11-14-26(15-12-23)22(28)20-10-13-27(4-2)25-20/h5-10,13,19,21,24H,3-4,11-12,14-17H2,1-2H3/t19-,21-/m0/s1. The van der Waals surface area contributed by atoms with Crippen LogP contribution in [0.15, 0.2) is 42.6 Å². The van der Waals surface area contributed by atoms with Crippen LogP contribution in [0.5, 0.6) is 0 Å². The smallest absolute Gasteiger partial charge is 0.274 e. The minimum absolute atomic E-state index is 0.0331. The molecule has 2 aromatic rings. The Morgan fingerprint density at radius 2 is 1.97 bits per heavy atom. The Hall–Kier alpha value is -2.18. The zero-order valence-corrected chi connectivity index (χ0v) is 17.5. The fraction of sp³-hybridized carbons (Fsp3) is 0.565. The lowest BCUT2D eigenvalue weighted by atomic mass is 9.79. The van der Waals surface area contributed by atoms with Crippen LogP contribution in [-0.2, 0) is 11.3 Å². The number of likely N-dealkylation sites (tertiary alicyclic amines) is 1. The first-order valence-corrected chi connectivity index (χ1v) is 10.9. The molecule has 1 spiro atoms. The van der Waals surface area contributed by atoms with Crippen LogP contribution in [0.2, 0.25) is 0 Å². The Labute approximate surface area is 173 Å². The molecule has 156 valence electrons. The van der Waals surface area contributed by atoms with Crippen molar-refractivity contribution in [2.24, 2.45) is 0 Å². The maximum absolute atomic E-state index is 12.8. The molecule has 2 fully saturated rings. The molecule has 2 aliphatic heterocycles. The summed E-state index contributed by atoms with van der Waals surface area (Å²) >= 11 is 0. The van der Waals surface area contributed by atoms with E-state index in [0.717, 1.165) is 51.9 Å². The number of benzene rings is 1. The van der Waals surface area contributed by atoms with Gasteiger partial charge in [0.05, 0.1) is 11.7 Å². The first-order chi connectivity index (χ1) is 14.1. The number of nitrogens with zero attached hydrogens (tertiary/aromatic N) is 3. The third-order valence-electron chi connectivity index (χ3n) is 6.32. The van der Waals surface area contributed by atoms with Gasteiger partial charge in [0.25, 0.3) is 5.91 Å². The third-order valence-corrected chi connectivity index (χ3v) is 6.32. The van der Waals surface area contributed by atoms with Crippen molar-refractivity contribution in [1.82, 2.24) is 20.0 Å². The van der Waals surface area contributed by atoms with Crippen LogP contribution < -0.4 is 5.32 Å². The Morgan fingerprint density at radius 3 is 2.62 bits per heavy atom. The molecule has 0 radical (unpaired) electrons. The highest BCUT2D eigenvalue weighted by Crippen LogP contribution is 2.43. The maximum Gasteiger partial charge on any atom is 0.274 e. The molecule has 2 aliphatic rings. The topological polar surface area (TPSA) is 59.4 Å². The van der Waals surface area contributed by atoms with Gasteiger partial charge >= 0.3 is 0 Å². The molecule has 29 heavy (non-hydrogen) atoms. The van der Waals surface area contributed by atoms with E-state index in [2.05, 4.69) is 41.6 Å². The van der Waals surface area contributed by atoms with E-state index in [1.54, 1.807) is 4.68 Å². The number of hydrogen-bond donors (Lipinski definition) is 1. The highest BCUT2D eigenvalue weighted by Gasteiger charge is 2.44. The molecular weight excluding hydrogens is 364 g/mol. The van der Waals surface area contributed by atoms with Crippen molar-refractivity contribution >= 4 is 5.91 Å². The lowest BCUT2D eigenvalue weighted by Gasteiger charge is -2.49. The fourth-order valence-corrected chi connectivity index (χ4v) is 4.76. The van der Waals surface area contributed by atoms with Gasteiger partial charge < -0.3 is 15.0 Å². The molecule has 4 rings (SSSR count). The number of carbonyl (C=O) groups is 1. The van der Waals surface area contributed by atoms with Crippen LogP contribution in [0.3, 0.4) is 0 Å². The first kappa shape index (κ1) is 20.1. The number of nitrogens with one attached hydrogen (secondary N) is 1. The Bertz CT molecular complexity index is 811. The van der Waals surface area contributed by atoms with E-state index in [9.17, 15) is 4.79 Å². The summed E-state index contributed by atoms with van der Waals surface area (Å²) in [5.74, 6) is 0.0331. The Morgan fingerprint density at radius 1 is 1.21 bits per heavy atom. The summed E-state index contributed by atoms with van der Waals surface area (Å²) in [7, 11) is 0. The van der Waals surface area contributed by atoms with Gasteiger partial charge in [-0.05, 0) is 50.8 Å². The van der Waals surface area contributed by atoms with Crippen LogP contribution in [0, 0.1) is 0 Å². The number of piperidine rings is 1. The van der Waals surface area contributed by atoms with E-state index in [-0.39, 0.29) is 17.6 Å². The van der Waals surface area contributed by atoms with Crippen LogP contribution in [-0.4, -0.2) is 51.9 Å². The van der Waals surface area contributed by atoms with E-state index < -0.39 is 0 Å².